The summed E-state index contributed by atoms with van der Waals surface area (Å²) >= 11 is 3.26. The van der Waals surface area contributed by atoms with Crippen LogP contribution in [-0.4, -0.2) is 5.33 Å². The first-order chi connectivity index (χ1) is 6.24. The van der Waals surface area contributed by atoms with Crippen LogP contribution >= 0.6 is 15.9 Å². The first-order valence-corrected chi connectivity index (χ1v) is 5.03. The van der Waals surface area contributed by atoms with Gasteiger partial charge in [0, 0.05) is 5.33 Å². The Bertz CT molecular complexity index is 308. The standard InChI is InChI=1S/C10H9BrF2/c11-6-2-1-3-8-4-5-9(12)10(13)7-8/h1,3-5,7H,2,6H2/b3-1+. The van der Waals surface area contributed by atoms with Crippen molar-refractivity contribution in [3.8, 4) is 0 Å². The first kappa shape index (κ1) is 10.4. The smallest absolute Gasteiger partial charge is 0.159 e. The van der Waals surface area contributed by atoms with Crippen LogP contribution in [0.5, 0.6) is 0 Å². The lowest BCUT2D eigenvalue weighted by atomic mass is 10.2. The van der Waals surface area contributed by atoms with E-state index < -0.39 is 11.6 Å². The molecule has 0 fully saturated rings. The maximum atomic E-state index is 12.7. The van der Waals surface area contributed by atoms with E-state index in [1.165, 1.54) is 6.07 Å². The molecule has 1 aromatic rings. The Kier molecular flexibility index (Phi) is 4.09. The molecule has 0 amide bonds. The molecule has 0 radical (unpaired) electrons. The molecule has 0 atom stereocenters. The van der Waals surface area contributed by atoms with Crippen molar-refractivity contribution in [3.63, 3.8) is 0 Å². The molecule has 0 heterocycles. The number of halogens is 3. The van der Waals surface area contributed by atoms with Crippen LogP contribution in [0, 0.1) is 11.6 Å². The van der Waals surface area contributed by atoms with E-state index in [2.05, 4.69) is 15.9 Å². The van der Waals surface area contributed by atoms with Crippen molar-refractivity contribution in [2.24, 2.45) is 0 Å². The van der Waals surface area contributed by atoms with E-state index in [9.17, 15) is 8.78 Å². The zero-order valence-electron chi connectivity index (χ0n) is 6.93. The highest BCUT2D eigenvalue weighted by Crippen LogP contribution is 2.10. The summed E-state index contributed by atoms with van der Waals surface area (Å²) in [6.07, 6.45) is 4.55. The third-order valence-corrected chi connectivity index (χ3v) is 1.99. The molecule has 13 heavy (non-hydrogen) atoms. The van der Waals surface area contributed by atoms with Crippen molar-refractivity contribution in [1.29, 1.82) is 0 Å². The summed E-state index contributed by atoms with van der Waals surface area (Å²) in [4.78, 5) is 0. The number of alkyl halides is 1. The van der Waals surface area contributed by atoms with Gasteiger partial charge in [0.25, 0.3) is 0 Å². The van der Waals surface area contributed by atoms with Crippen LogP contribution in [-0.2, 0) is 0 Å². The molecule has 0 nitrogen and oxygen atoms in total. The van der Waals surface area contributed by atoms with Gasteiger partial charge in [0.05, 0.1) is 0 Å². The van der Waals surface area contributed by atoms with Crippen molar-refractivity contribution in [2.75, 3.05) is 5.33 Å². The second-order valence-corrected chi connectivity index (χ2v) is 3.35. The molecule has 3 heteroatoms. The van der Waals surface area contributed by atoms with E-state index in [0.717, 1.165) is 17.8 Å². The molecule has 0 spiro atoms. The number of benzene rings is 1. The zero-order chi connectivity index (χ0) is 9.68. The molecular weight excluding hydrogens is 238 g/mol. The molecular formula is C10H9BrF2. The lowest BCUT2D eigenvalue weighted by Crippen LogP contribution is -1.83. The largest absolute Gasteiger partial charge is 0.204 e. The summed E-state index contributed by atoms with van der Waals surface area (Å²) in [6.45, 7) is 0. The van der Waals surface area contributed by atoms with Gasteiger partial charge in [-0.2, -0.15) is 0 Å². The van der Waals surface area contributed by atoms with Crippen LogP contribution in [0.1, 0.15) is 12.0 Å². The third-order valence-electron chi connectivity index (χ3n) is 1.53. The van der Waals surface area contributed by atoms with E-state index >= 15 is 0 Å². The van der Waals surface area contributed by atoms with Crippen molar-refractivity contribution >= 4 is 22.0 Å². The Labute approximate surface area is 84.4 Å². The van der Waals surface area contributed by atoms with Gasteiger partial charge >= 0.3 is 0 Å². The second-order valence-electron chi connectivity index (χ2n) is 2.55. The van der Waals surface area contributed by atoms with Crippen molar-refractivity contribution in [1.82, 2.24) is 0 Å². The van der Waals surface area contributed by atoms with Crippen molar-refractivity contribution in [2.45, 2.75) is 6.42 Å². The molecule has 0 aliphatic carbocycles. The van der Waals surface area contributed by atoms with E-state index in [-0.39, 0.29) is 0 Å². The quantitative estimate of drug-likeness (QED) is 0.713. The molecule has 0 saturated heterocycles. The van der Waals surface area contributed by atoms with E-state index in [1.807, 2.05) is 6.08 Å². The topological polar surface area (TPSA) is 0 Å². The van der Waals surface area contributed by atoms with E-state index in [0.29, 0.717) is 5.56 Å². The number of allylic oxidation sites excluding steroid dienone is 1. The Hall–Kier alpha value is -0.700. The molecule has 70 valence electrons. The Morgan fingerprint density at radius 1 is 1.23 bits per heavy atom. The highest BCUT2D eigenvalue weighted by Gasteiger charge is 1.99. The lowest BCUT2D eigenvalue weighted by Gasteiger charge is -1.94. The SMILES string of the molecule is Fc1ccc(/C=C/CCBr)cc1F. The Morgan fingerprint density at radius 2 is 2.00 bits per heavy atom. The molecule has 0 unspecified atom stereocenters. The Morgan fingerprint density at radius 3 is 2.62 bits per heavy atom. The third kappa shape index (κ3) is 3.27. The van der Waals surface area contributed by atoms with Crippen molar-refractivity contribution < 1.29 is 8.78 Å². The van der Waals surface area contributed by atoms with Gasteiger partial charge in [-0.1, -0.05) is 34.1 Å². The highest BCUT2D eigenvalue weighted by atomic mass is 79.9. The minimum atomic E-state index is -0.808. The predicted molar refractivity (Wildman–Crippen MR) is 53.8 cm³/mol. The average Bonchev–Trinajstić information content (AvgIpc) is 2.12. The van der Waals surface area contributed by atoms with Gasteiger partial charge in [-0.3, -0.25) is 0 Å². The lowest BCUT2D eigenvalue weighted by molar-refractivity contribution is 0.508. The molecule has 1 aromatic carbocycles. The monoisotopic (exact) mass is 246 g/mol. The fourth-order valence-corrected chi connectivity index (χ4v) is 1.16. The molecule has 0 N–H and O–H groups in total. The normalized spacial score (nSPS) is 11.0. The van der Waals surface area contributed by atoms with Gasteiger partial charge in [-0.05, 0) is 24.1 Å². The summed E-state index contributed by atoms with van der Waals surface area (Å²) in [7, 11) is 0. The molecule has 0 aliphatic rings. The van der Waals surface area contributed by atoms with Gasteiger partial charge < -0.3 is 0 Å². The molecule has 0 aliphatic heterocycles. The van der Waals surface area contributed by atoms with Crippen LogP contribution in [0.3, 0.4) is 0 Å². The average molecular weight is 247 g/mol. The highest BCUT2D eigenvalue weighted by molar-refractivity contribution is 9.09. The molecule has 0 aromatic heterocycles. The minimum absolute atomic E-state index is 0.680. The molecule has 0 saturated carbocycles. The first-order valence-electron chi connectivity index (χ1n) is 3.91. The van der Waals surface area contributed by atoms with Crippen LogP contribution in [0.15, 0.2) is 24.3 Å². The van der Waals surface area contributed by atoms with Crippen LogP contribution in [0.25, 0.3) is 6.08 Å². The fraction of sp³-hybridized carbons (Fsp3) is 0.200. The zero-order valence-corrected chi connectivity index (χ0v) is 8.52. The second kappa shape index (κ2) is 5.12. The van der Waals surface area contributed by atoms with Gasteiger partial charge in [0.15, 0.2) is 11.6 Å². The Balaban J connectivity index is 2.73. The fourth-order valence-electron chi connectivity index (χ4n) is 0.898. The predicted octanol–water partition coefficient (Wildman–Crippen LogP) is 3.76. The number of hydrogen-bond acceptors (Lipinski definition) is 0. The van der Waals surface area contributed by atoms with Gasteiger partial charge in [-0.15, -0.1) is 0 Å². The van der Waals surface area contributed by atoms with Crippen LogP contribution < -0.4 is 0 Å². The van der Waals surface area contributed by atoms with Crippen molar-refractivity contribution in [3.05, 3.63) is 41.5 Å². The van der Waals surface area contributed by atoms with Gasteiger partial charge in [0.2, 0.25) is 0 Å². The number of hydrogen-bond donors (Lipinski definition) is 0. The summed E-state index contributed by atoms with van der Waals surface area (Å²) in [5.41, 5.74) is 0.680. The molecule has 1 rings (SSSR count). The summed E-state index contributed by atoms with van der Waals surface area (Å²) in [6, 6.07) is 3.85. The summed E-state index contributed by atoms with van der Waals surface area (Å²) in [5, 5.41) is 0.868. The van der Waals surface area contributed by atoms with Gasteiger partial charge in [-0.25, -0.2) is 8.78 Å². The number of rotatable bonds is 3. The summed E-state index contributed by atoms with van der Waals surface area (Å²) < 4.78 is 25.2. The van der Waals surface area contributed by atoms with E-state index in [4.69, 9.17) is 0 Å². The minimum Gasteiger partial charge on any atom is -0.204 e. The van der Waals surface area contributed by atoms with Crippen LogP contribution in [0.2, 0.25) is 0 Å². The molecule has 0 bridgehead atoms. The van der Waals surface area contributed by atoms with Crippen LogP contribution in [0.4, 0.5) is 8.78 Å². The summed E-state index contributed by atoms with van der Waals surface area (Å²) in [5.74, 6) is -1.61. The maximum Gasteiger partial charge on any atom is 0.159 e. The van der Waals surface area contributed by atoms with Gasteiger partial charge in [0.1, 0.15) is 0 Å². The maximum absolute atomic E-state index is 12.7. The van der Waals surface area contributed by atoms with E-state index in [1.54, 1.807) is 12.1 Å².